The number of phosphoric ester groups is 2. The lowest BCUT2D eigenvalue weighted by Crippen LogP contribution is -2.67. The first-order valence-electron chi connectivity index (χ1n) is 35.0. The molecule has 0 aromatic rings. The zero-order chi connectivity index (χ0) is 63.6. The third-order valence-corrected chi connectivity index (χ3v) is 17.8. The number of amides is 1. The summed E-state index contributed by atoms with van der Waals surface area (Å²) in [4.78, 5) is 55.3. The monoisotopic (exact) mass is 1290 g/mol. The number of carbonyl (C=O) groups excluding carboxylic acids is 1. The lowest BCUT2D eigenvalue weighted by Gasteiger charge is -2.47. The molecule has 1 amide bonds. The lowest BCUT2D eigenvalue weighted by molar-refractivity contribution is -0.319. The number of phosphoric acid groups is 2. The quantitative estimate of drug-likeness (QED) is 0.0188. The van der Waals surface area contributed by atoms with Crippen molar-refractivity contribution in [2.24, 2.45) is 0 Å². The summed E-state index contributed by atoms with van der Waals surface area (Å²) < 4.78 is 86.1. The fraction of sp³-hybridized carbons (Fsp3) is 0.955. The van der Waals surface area contributed by atoms with Crippen LogP contribution in [0.3, 0.4) is 0 Å². The van der Waals surface area contributed by atoms with Gasteiger partial charge in [0, 0.05) is 40.5 Å². The van der Waals surface area contributed by atoms with E-state index in [4.69, 9.17) is 46.9 Å². The number of carbonyl (C=O) groups is 1. The molecule has 0 saturated carbocycles. The number of rotatable bonds is 60. The minimum Gasteiger partial charge on any atom is -0.387 e. The maximum Gasteiger partial charge on any atom is 0.472 e. The molecule has 19 nitrogen and oxygen atoms in total. The Labute approximate surface area is 528 Å². The van der Waals surface area contributed by atoms with Gasteiger partial charge in [0.05, 0.1) is 19.3 Å². The van der Waals surface area contributed by atoms with E-state index >= 15 is 0 Å². The molecule has 2 rings (SSSR count). The van der Waals surface area contributed by atoms with Crippen molar-refractivity contribution in [3.63, 3.8) is 0 Å². The number of hydrogen-bond donors (Lipinski definition) is 6. The predicted molar refractivity (Wildman–Crippen MR) is 344 cm³/mol. The first-order valence-corrected chi connectivity index (χ1v) is 38.1. The number of aliphatic hydroxyl groups is 1. The summed E-state index contributed by atoms with van der Waals surface area (Å²) in [6.45, 7) is 8.59. The van der Waals surface area contributed by atoms with Crippen LogP contribution in [0.15, 0.2) is 12.2 Å². The molecule has 2 fully saturated rings. The van der Waals surface area contributed by atoms with Crippen molar-refractivity contribution in [3.05, 3.63) is 12.2 Å². The van der Waals surface area contributed by atoms with E-state index in [9.17, 15) is 38.6 Å². The van der Waals surface area contributed by atoms with E-state index in [1.807, 2.05) is 0 Å². The summed E-state index contributed by atoms with van der Waals surface area (Å²) in [6.07, 6.45) is 35.1. The molecular formula is C66H129NO18P2. The maximum atomic E-state index is 14.1. The number of allylic oxidation sites excluding steroid dienone is 2. The van der Waals surface area contributed by atoms with Crippen LogP contribution in [-0.4, -0.2) is 145 Å². The molecule has 0 spiro atoms. The summed E-state index contributed by atoms with van der Waals surface area (Å²) >= 11 is 0. The van der Waals surface area contributed by atoms with Crippen molar-refractivity contribution in [1.29, 1.82) is 0 Å². The molecule has 87 heavy (non-hydrogen) atoms. The Bertz CT molecular complexity index is 1730. The molecule has 6 N–H and O–H groups in total. The fourth-order valence-corrected chi connectivity index (χ4v) is 12.7. The second-order valence-corrected chi connectivity index (χ2v) is 27.1. The molecule has 0 aromatic carbocycles. The minimum atomic E-state index is -5.22. The predicted octanol–water partition coefficient (Wildman–Crippen LogP) is 15.3. The smallest absolute Gasteiger partial charge is 0.387 e. The number of nitrogens with one attached hydrogen (secondary N) is 1. The van der Waals surface area contributed by atoms with Gasteiger partial charge in [-0.2, -0.15) is 0 Å². The Hall–Kier alpha value is -0.930. The van der Waals surface area contributed by atoms with Crippen molar-refractivity contribution >= 4 is 21.6 Å². The molecule has 2 aliphatic heterocycles. The van der Waals surface area contributed by atoms with Crippen LogP contribution < -0.4 is 5.32 Å². The van der Waals surface area contributed by atoms with Gasteiger partial charge in [-0.1, -0.05) is 239 Å². The van der Waals surface area contributed by atoms with Crippen LogP contribution in [0, 0.1) is 0 Å². The molecule has 0 aliphatic carbocycles. The summed E-state index contributed by atoms with van der Waals surface area (Å²) in [6, 6.07) is -1.25. The van der Waals surface area contributed by atoms with Gasteiger partial charge in [0.1, 0.15) is 48.8 Å². The third kappa shape index (κ3) is 41.4. The van der Waals surface area contributed by atoms with Crippen LogP contribution in [0.2, 0.25) is 0 Å². The number of unbranched alkanes of at least 4 members (excludes halogenated alkanes) is 33. The zero-order valence-corrected chi connectivity index (χ0v) is 57.3. The van der Waals surface area contributed by atoms with Gasteiger partial charge in [-0.15, -0.1) is 0 Å². The SMILES string of the molecule is CCCCCCCC/C=C\CCCCCCCC(=O)N[C@H]1[C@H](OC[C@H]2O[C@H](OP(=O)(O)O)[C@H](OCCCCCCCCCCCC)[C@@H](OCCCCCCCCCCCC)[C@@H]2O)O[C@H](COC)[C@@H](OP(=O)(O)O)[C@@H]1OCC[C@@H](CCCCCCC)OC. The van der Waals surface area contributed by atoms with Crippen LogP contribution in [0.4, 0.5) is 0 Å². The normalized spacial score (nSPS) is 23.3. The van der Waals surface area contributed by atoms with Crippen LogP contribution >= 0.6 is 15.6 Å². The topological polar surface area (TPSA) is 257 Å². The number of aliphatic hydroxyl groups excluding tert-OH is 1. The average Bonchev–Trinajstić information content (AvgIpc) is 1.19. The van der Waals surface area contributed by atoms with Crippen molar-refractivity contribution in [2.75, 3.05) is 47.3 Å². The van der Waals surface area contributed by atoms with Crippen LogP contribution in [-0.2, 0) is 60.9 Å². The molecule has 2 heterocycles. The van der Waals surface area contributed by atoms with Crippen molar-refractivity contribution in [1.82, 2.24) is 5.32 Å². The third-order valence-electron chi connectivity index (χ3n) is 16.8. The van der Waals surface area contributed by atoms with Gasteiger partial charge in [-0.3, -0.25) is 13.8 Å². The first-order chi connectivity index (χ1) is 42.1. The second kappa shape index (κ2) is 53.4. The Balaban J connectivity index is 2.41. The number of ether oxygens (including phenoxy) is 8. The number of methoxy groups -OCH3 is 2. The highest BCUT2D eigenvalue weighted by Crippen LogP contribution is 2.44. The maximum absolute atomic E-state index is 14.1. The zero-order valence-electron chi connectivity index (χ0n) is 55.5. The molecule has 2 aliphatic rings. The Morgan fingerprint density at radius 3 is 1.36 bits per heavy atom. The van der Waals surface area contributed by atoms with E-state index in [1.165, 1.54) is 110 Å². The standard InChI is InChI=1S/C66H129NO18P2/c1-7-11-15-19-22-25-28-29-30-31-32-33-36-40-44-48-58(68)67-59-62(80-52-49-55(77-6)47-43-39-18-14-10-4)61(84-86(70,71)72)57(53-76-5)83-65(59)81-54-56-60(69)63(78-50-45-41-37-34-26-23-20-16-12-8-2)64(66(82-56)85-87(73,74)75)79-51-46-42-38-35-27-24-21-17-13-9-3/h29-30,55-57,59-66,69H,7-28,31-54H2,1-6H3,(H,67,68)(H2,70,71,72)(H2,73,74,75)/b30-29-/t55-,56-,57-,59-,60-,61-,62-,63+,64-,65-,66-/m1/s1. The molecule has 0 radical (unpaired) electrons. The second-order valence-electron chi connectivity index (χ2n) is 24.7. The van der Waals surface area contributed by atoms with Gasteiger partial charge < -0.3 is 67.9 Å². The highest BCUT2D eigenvalue weighted by Gasteiger charge is 2.53. The van der Waals surface area contributed by atoms with Crippen LogP contribution in [0.25, 0.3) is 0 Å². The first kappa shape index (κ1) is 82.2. The van der Waals surface area contributed by atoms with E-state index in [1.54, 1.807) is 7.11 Å². The van der Waals surface area contributed by atoms with Crippen molar-refractivity contribution < 1.29 is 85.5 Å². The average molecular weight is 1290 g/mol. The van der Waals surface area contributed by atoms with Crippen molar-refractivity contribution in [2.45, 2.75) is 358 Å². The summed E-state index contributed by atoms with van der Waals surface area (Å²) in [5, 5.41) is 15.3. The Kier molecular flexibility index (Phi) is 50.5. The van der Waals surface area contributed by atoms with E-state index in [0.717, 1.165) is 128 Å². The van der Waals surface area contributed by atoms with Gasteiger partial charge >= 0.3 is 15.6 Å². The Morgan fingerprint density at radius 2 is 0.885 bits per heavy atom. The van der Waals surface area contributed by atoms with E-state index in [0.29, 0.717) is 25.7 Å². The highest BCUT2D eigenvalue weighted by atomic mass is 31.2. The van der Waals surface area contributed by atoms with Gasteiger partial charge in [0.25, 0.3) is 0 Å². The largest absolute Gasteiger partial charge is 0.472 e. The molecule has 21 heteroatoms. The molecule has 11 atom stereocenters. The summed E-state index contributed by atoms with van der Waals surface area (Å²) in [7, 11) is -7.41. The Morgan fingerprint density at radius 1 is 0.460 bits per heavy atom. The van der Waals surface area contributed by atoms with E-state index < -0.39 is 83.6 Å². The minimum absolute atomic E-state index is 0.0522. The molecule has 0 aromatic heterocycles. The summed E-state index contributed by atoms with van der Waals surface area (Å²) in [5.41, 5.74) is 0. The molecule has 516 valence electrons. The summed E-state index contributed by atoms with van der Waals surface area (Å²) in [5.74, 6) is -0.378. The van der Waals surface area contributed by atoms with E-state index in [2.05, 4.69) is 45.2 Å². The fourth-order valence-electron chi connectivity index (χ4n) is 11.7. The van der Waals surface area contributed by atoms with Gasteiger partial charge in [-0.25, -0.2) is 9.13 Å². The van der Waals surface area contributed by atoms with Crippen LogP contribution in [0.1, 0.15) is 291 Å². The highest BCUT2D eigenvalue weighted by molar-refractivity contribution is 7.46. The lowest BCUT2D eigenvalue weighted by atomic mass is 9.95. The molecule has 0 unspecified atom stereocenters. The van der Waals surface area contributed by atoms with E-state index in [-0.39, 0.29) is 44.9 Å². The van der Waals surface area contributed by atoms with Gasteiger partial charge in [0.2, 0.25) is 5.91 Å². The molecule has 0 bridgehead atoms. The van der Waals surface area contributed by atoms with Gasteiger partial charge in [0.15, 0.2) is 12.6 Å². The number of hydrogen-bond acceptors (Lipinski definition) is 14. The van der Waals surface area contributed by atoms with Crippen LogP contribution in [0.5, 0.6) is 0 Å². The molecular weight excluding hydrogens is 1160 g/mol. The van der Waals surface area contributed by atoms with Crippen molar-refractivity contribution in [3.8, 4) is 0 Å². The van der Waals surface area contributed by atoms with Gasteiger partial charge in [-0.05, 0) is 57.8 Å². The molecule has 2 saturated heterocycles.